The van der Waals surface area contributed by atoms with E-state index < -0.39 is 12.1 Å². The Labute approximate surface area is 119 Å². The maximum atomic E-state index is 12.7. The van der Waals surface area contributed by atoms with Gasteiger partial charge >= 0.3 is 6.18 Å². The highest BCUT2D eigenvalue weighted by molar-refractivity contribution is 5.11. The largest absolute Gasteiger partial charge is 0.391 e. The van der Waals surface area contributed by atoms with Crippen molar-refractivity contribution in [3.8, 4) is 0 Å². The molecule has 0 aromatic carbocycles. The van der Waals surface area contributed by atoms with Crippen molar-refractivity contribution in [2.24, 2.45) is 23.7 Å². The van der Waals surface area contributed by atoms with Gasteiger partial charge in [-0.05, 0) is 63.2 Å². The van der Waals surface area contributed by atoms with Crippen LogP contribution in [0.5, 0.6) is 0 Å². The zero-order chi connectivity index (χ0) is 14.3. The summed E-state index contributed by atoms with van der Waals surface area (Å²) in [7, 11) is 0. The Hall–Kier alpha value is -0.510. The molecule has 2 fully saturated rings. The van der Waals surface area contributed by atoms with E-state index in [4.69, 9.17) is 0 Å². The van der Waals surface area contributed by atoms with Gasteiger partial charge in [-0.15, -0.1) is 0 Å². The van der Waals surface area contributed by atoms with Crippen molar-refractivity contribution in [1.82, 2.24) is 5.32 Å². The van der Waals surface area contributed by atoms with Gasteiger partial charge in [0.25, 0.3) is 0 Å². The molecule has 0 spiro atoms. The Morgan fingerprint density at radius 3 is 2.25 bits per heavy atom. The Balaban J connectivity index is 1.47. The van der Waals surface area contributed by atoms with Crippen LogP contribution in [0.4, 0.5) is 13.2 Å². The Morgan fingerprint density at radius 2 is 1.75 bits per heavy atom. The molecule has 3 aliphatic carbocycles. The van der Waals surface area contributed by atoms with E-state index in [2.05, 4.69) is 24.4 Å². The minimum Gasteiger partial charge on any atom is -0.311 e. The van der Waals surface area contributed by atoms with Crippen molar-refractivity contribution in [3.05, 3.63) is 12.2 Å². The molecule has 4 heteroatoms. The fourth-order valence-corrected chi connectivity index (χ4v) is 4.48. The standard InChI is InChI=1S/C16H24F3N/c1-10(15-9-11-2-3-12(15)8-11)20-14-6-4-13(5-7-14)16(17,18)19/h2-3,10-15,20H,4-9H2,1H3. The molecule has 3 rings (SSSR count). The van der Waals surface area contributed by atoms with Gasteiger partial charge in [0, 0.05) is 12.1 Å². The van der Waals surface area contributed by atoms with Gasteiger partial charge in [-0.2, -0.15) is 13.2 Å². The molecule has 3 aliphatic rings. The number of hydrogen-bond acceptors (Lipinski definition) is 1. The summed E-state index contributed by atoms with van der Waals surface area (Å²) < 4.78 is 38.0. The molecule has 114 valence electrons. The average molecular weight is 287 g/mol. The van der Waals surface area contributed by atoms with E-state index in [1.165, 1.54) is 12.8 Å². The van der Waals surface area contributed by atoms with E-state index in [1.54, 1.807) is 0 Å². The van der Waals surface area contributed by atoms with E-state index >= 15 is 0 Å². The van der Waals surface area contributed by atoms with Crippen molar-refractivity contribution in [1.29, 1.82) is 0 Å². The van der Waals surface area contributed by atoms with Crippen LogP contribution in [0.2, 0.25) is 0 Å². The molecule has 0 aromatic heterocycles. The highest BCUT2D eigenvalue weighted by Crippen LogP contribution is 2.45. The van der Waals surface area contributed by atoms with E-state index in [9.17, 15) is 13.2 Å². The van der Waals surface area contributed by atoms with Crippen molar-refractivity contribution in [3.63, 3.8) is 0 Å². The quantitative estimate of drug-likeness (QED) is 0.763. The van der Waals surface area contributed by atoms with Gasteiger partial charge in [0.2, 0.25) is 0 Å². The highest BCUT2D eigenvalue weighted by Gasteiger charge is 2.42. The highest BCUT2D eigenvalue weighted by atomic mass is 19.4. The van der Waals surface area contributed by atoms with Gasteiger partial charge in [-0.25, -0.2) is 0 Å². The minimum absolute atomic E-state index is 0.284. The second kappa shape index (κ2) is 5.36. The molecule has 0 heterocycles. The summed E-state index contributed by atoms with van der Waals surface area (Å²) in [6.45, 7) is 2.22. The van der Waals surface area contributed by atoms with Crippen molar-refractivity contribution < 1.29 is 13.2 Å². The third-order valence-corrected chi connectivity index (χ3v) is 5.66. The molecule has 1 nitrogen and oxygen atoms in total. The molecule has 1 N–H and O–H groups in total. The van der Waals surface area contributed by atoms with Crippen LogP contribution in [0.1, 0.15) is 45.4 Å². The first kappa shape index (κ1) is 14.4. The molecule has 0 amide bonds. The molecule has 0 aromatic rings. The van der Waals surface area contributed by atoms with Gasteiger partial charge in [0.05, 0.1) is 5.92 Å². The summed E-state index contributed by atoms with van der Waals surface area (Å²) in [5.41, 5.74) is 0. The number of halogens is 3. The van der Waals surface area contributed by atoms with E-state index in [0.717, 1.165) is 5.92 Å². The summed E-state index contributed by atoms with van der Waals surface area (Å²) in [6, 6.07) is 0.717. The molecule has 2 saturated carbocycles. The van der Waals surface area contributed by atoms with Gasteiger partial charge < -0.3 is 5.32 Å². The smallest absolute Gasteiger partial charge is 0.311 e. The van der Waals surface area contributed by atoms with Crippen LogP contribution in [0.15, 0.2) is 12.2 Å². The third-order valence-electron chi connectivity index (χ3n) is 5.66. The van der Waals surface area contributed by atoms with Gasteiger partial charge in [-0.1, -0.05) is 12.2 Å². The predicted molar refractivity (Wildman–Crippen MR) is 73.2 cm³/mol. The summed E-state index contributed by atoms with van der Waals surface area (Å²) >= 11 is 0. The lowest BCUT2D eigenvalue weighted by molar-refractivity contribution is -0.182. The van der Waals surface area contributed by atoms with Gasteiger partial charge in [0.15, 0.2) is 0 Å². The molecule has 4 unspecified atom stereocenters. The number of allylic oxidation sites excluding steroid dienone is 2. The van der Waals surface area contributed by atoms with E-state index in [0.29, 0.717) is 43.6 Å². The lowest BCUT2D eigenvalue weighted by Gasteiger charge is -2.35. The van der Waals surface area contributed by atoms with Crippen LogP contribution in [0.25, 0.3) is 0 Å². The topological polar surface area (TPSA) is 12.0 Å². The molecular weight excluding hydrogens is 263 g/mol. The second-order valence-corrected chi connectivity index (χ2v) is 6.99. The fraction of sp³-hybridized carbons (Fsp3) is 0.875. The third kappa shape index (κ3) is 2.90. The molecule has 4 atom stereocenters. The Kier molecular flexibility index (Phi) is 3.87. The summed E-state index contributed by atoms with van der Waals surface area (Å²) in [5.74, 6) is 1.08. The Bertz CT molecular complexity index is 368. The maximum Gasteiger partial charge on any atom is 0.391 e. The van der Waals surface area contributed by atoms with Crippen molar-refractivity contribution in [2.75, 3.05) is 0 Å². The van der Waals surface area contributed by atoms with Gasteiger partial charge in [0.1, 0.15) is 0 Å². The zero-order valence-corrected chi connectivity index (χ0v) is 12.0. The minimum atomic E-state index is -3.99. The molecule has 0 aliphatic heterocycles. The molecule has 2 bridgehead atoms. The molecular formula is C16H24F3N. The monoisotopic (exact) mass is 287 g/mol. The van der Waals surface area contributed by atoms with Crippen LogP contribution >= 0.6 is 0 Å². The lowest BCUT2D eigenvalue weighted by atomic mass is 9.83. The first-order valence-electron chi connectivity index (χ1n) is 7.94. The first-order valence-corrected chi connectivity index (χ1v) is 7.94. The van der Waals surface area contributed by atoms with Crippen molar-refractivity contribution in [2.45, 2.75) is 63.7 Å². The lowest BCUT2D eigenvalue weighted by Crippen LogP contribution is -2.44. The van der Waals surface area contributed by atoms with E-state index in [-0.39, 0.29) is 6.04 Å². The van der Waals surface area contributed by atoms with Crippen LogP contribution in [0, 0.1) is 23.7 Å². The predicted octanol–water partition coefficient (Wildman–Crippen LogP) is 4.30. The number of hydrogen-bond donors (Lipinski definition) is 1. The zero-order valence-electron chi connectivity index (χ0n) is 12.0. The molecule has 20 heavy (non-hydrogen) atoms. The van der Waals surface area contributed by atoms with Crippen LogP contribution in [-0.4, -0.2) is 18.3 Å². The van der Waals surface area contributed by atoms with Crippen LogP contribution < -0.4 is 5.32 Å². The molecule has 0 saturated heterocycles. The van der Waals surface area contributed by atoms with Gasteiger partial charge in [-0.3, -0.25) is 0 Å². The second-order valence-electron chi connectivity index (χ2n) is 6.99. The Morgan fingerprint density at radius 1 is 1.05 bits per heavy atom. The normalized spacial score (nSPS) is 42.1. The average Bonchev–Trinajstić information content (AvgIpc) is 3.00. The van der Waals surface area contributed by atoms with Crippen LogP contribution in [-0.2, 0) is 0 Å². The summed E-state index contributed by atoms with van der Waals surface area (Å²) in [4.78, 5) is 0. The SMILES string of the molecule is CC(NC1CCC(C(F)(F)F)CC1)C1CC2C=CC1C2. The number of alkyl halides is 3. The van der Waals surface area contributed by atoms with E-state index in [1.807, 2.05) is 0 Å². The number of fused-ring (bicyclic) bond motifs is 2. The molecule has 0 radical (unpaired) electrons. The summed E-state index contributed by atoms with van der Waals surface area (Å²) in [6.07, 6.45) is 5.17. The first-order chi connectivity index (χ1) is 9.43. The summed E-state index contributed by atoms with van der Waals surface area (Å²) in [5, 5.41) is 3.62. The van der Waals surface area contributed by atoms with Crippen molar-refractivity contribution >= 4 is 0 Å². The van der Waals surface area contributed by atoms with Crippen LogP contribution in [0.3, 0.4) is 0 Å². The fourth-order valence-electron chi connectivity index (χ4n) is 4.48. The maximum absolute atomic E-state index is 12.7. The number of rotatable bonds is 3. The number of nitrogens with one attached hydrogen (secondary N) is 1.